The van der Waals surface area contributed by atoms with Crippen molar-refractivity contribution in [2.45, 2.75) is 19.4 Å². The van der Waals surface area contributed by atoms with Gasteiger partial charge in [-0.2, -0.15) is 0 Å². The van der Waals surface area contributed by atoms with Crippen LogP contribution in [0, 0.1) is 12.7 Å². The minimum absolute atomic E-state index is 0.0830. The Labute approximate surface area is 164 Å². The van der Waals surface area contributed by atoms with E-state index in [0.29, 0.717) is 27.0 Å². The minimum atomic E-state index is -0.668. The molecule has 3 rings (SSSR count). The van der Waals surface area contributed by atoms with Crippen molar-refractivity contribution in [1.29, 1.82) is 0 Å². The van der Waals surface area contributed by atoms with Gasteiger partial charge in [-0.3, -0.25) is 9.59 Å². The Kier molecular flexibility index (Phi) is 6.05. The lowest BCUT2D eigenvalue weighted by molar-refractivity contribution is -0.141. The van der Waals surface area contributed by atoms with Crippen molar-refractivity contribution in [3.8, 4) is 10.8 Å². The lowest BCUT2D eigenvalue weighted by Crippen LogP contribution is -2.30. The first-order valence-corrected chi connectivity index (χ1v) is 9.17. The quantitative estimate of drug-likeness (QED) is 0.639. The zero-order valence-electron chi connectivity index (χ0n) is 15.2. The average Bonchev–Trinajstić information content (AvgIpc) is 3.10. The fourth-order valence-corrected chi connectivity index (χ4v) is 3.45. The maximum absolute atomic E-state index is 13.2. The zero-order valence-corrected chi connectivity index (χ0v) is 16.0. The number of aryl methyl sites for hydroxylation is 1. The number of nitrogens with zero attached hydrogens (tertiary/aromatic N) is 3. The van der Waals surface area contributed by atoms with Crippen LogP contribution in [-0.4, -0.2) is 33.9 Å². The lowest BCUT2D eigenvalue weighted by Gasteiger charge is -2.18. The Balaban J connectivity index is 1.84. The SMILES string of the molecule is COC(=O)CC(NC(=O)c1sc(-c2ncccn2)nc1C)c1ccc(F)cc1. The first-order chi connectivity index (χ1) is 13.5. The molecule has 9 heteroatoms. The Morgan fingerprint density at radius 3 is 2.54 bits per heavy atom. The zero-order chi connectivity index (χ0) is 20.1. The average molecular weight is 400 g/mol. The van der Waals surface area contributed by atoms with Crippen LogP contribution in [0.4, 0.5) is 4.39 Å². The Hall–Kier alpha value is -3.20. The summed E-state index contributed by atoms with van der Waals surface area (Å²) in [5.41, 5.74) is 1.12. The number of hydrogen-bond acceptors (Lipinski definition) is 7. The van der Waals surface area contributed by atoms with Crippen LogP contribution in [0.3, 0.4) is 0 Å². The van der Waals surface area contributed by atoms with Crippen LogP contribution in [0.2, 0.25) is 0 Å². The molecule has 0 aliphatic carbocycles. The Morgan fingerprint density at radius 1 is 1.21 bits per heavy atom. The second-order valence-corrected chi connectivity index (χ2v) is 6.86. The smallest absolute Gasteiger partial charge is 0.307 e. The number of rotatable bonds is 6. The van der Waals surface area contributed by atoms with Crippen LogP contribution in [-0.2, 0) is 9.53 Å². The Bertz CT molecular complexity index is 977. The van der Waals surface area contributed by atoms with Crippen LogP contribution in [0.1, 0.15) is 33.4 Å². The third-order valence-electron chi connectivity index (χ3n) is 3.94. The molecule has 0 fully saturated rings. The van der Waals surface area contributed by atoms with Gasteiger partial charge in [0.15, 0.2) is 10.8 Å². The third kappa shape index (κ3) is 4.55. The van der Waals surface area contributed by atoms with Gasteiger partial charge in [0.05, 0.1) is 25.3 Å². The van der Waals surface area contributed by atoms with E-state index < -0.39 is 23.7 Å². The molecule has 28 heavy (non-hydrogen) atoms. The fourth-order valence-electron chi connectivity index (χ4n) is 2.53. The number of hydrogen-bond donors (Lipinski definition) is 1. The number of nitrogens with one attached hydrogen (secondary N) is 1. The number of aromatic nitrogens is 3. The molecule has 144 valence electrons. The monoisotopic (exact) mass is 400 g/mol. The molecular formula is C19H17FN4O3S. The fraction of sp³-hybridized carbons (Fsp3) is 0.211. The summed E-state index contributed by atoms with van der Waals surface area (Å²) in [5, 5.41) is 3.33. The van der Waals surface area contributed by atoms with Gasteiger partial charge in [0, 0.05) is 12.4 Å². The van der Waals surface area contributed by atoms with Gasteiger partial charge < -0.3 is 10.1 Å². The van der Waals surface area contributed by atoms with E-state index in [4.69, 9.17) is 4.74 Å². The maximum atomic E-state index is 13.2. The van der Waals surface area contributed by atoms with Crippen molar-refractivity contribution in [2.75, 3.05) is 7.11 Å². The van der Waals surface area contributed by atoms with E-state index in [2.05, 4.69) is 20.3 Å². The van der Waals surface area contributed by atoms with E-state index in [9.17, 15) is 14.0 Å². The molecule has 1 aromatic carbocycles. The number of benzene rings is 1. The Morgan fingerprint density at radius 2 is 1.89 bits per heavy atom. The number of esters is 1. The molecule has 0 saturated heterocycles. The van der Waals surface area contributed by atoms with E-state index in [1.807, 2.05) is 0 Å². The number of thiazole rings is 1. The molecule has 0 spiro atoms. The summed E-state index contributed by atoms with van der Waals surface area (Å²) in [6, 6.07) is 6.61. The van der Waals surface area contributed by atoms with E-state index >= 15 is 0 Å². The summed E-state index contributed by atoms with van der Waals surface area (Å²) in [6.45, 7) is 1.71. The van der Waals surface area contributed by atoms with Gasteiger partial charge in [0.25, 0.3) is 5.91 Å². The van der Waals surface area contributed by atoms with Crippen molar-refractivity contribution >= 4 is 23.2 Å². The normalized spacial score (nSPS) is 11.7. The summed E-state index contributed by atoms with van der Waals surface area (Å²) in [4.78, 5) is 37.6. The number of ether oxygens (including phenoxy) is 1. The summed E-state index contributed by atoms with van der Waals surface area (Å²) >= 11 is 1.16. The number of amides is 1. The van der Waals surface area contributed by atoms with Crippen molar-refractivity contribution in [2.24, 2.45) is 0 Å². The van der Waals surface area contributed by atoms with E-state index in [-0.39, 0.29) is 6.42 Å². The molecule has 1 unspecified atom stereocenters. The standard InChI is InChI=1S/C19H17FN4O3S/c1-11-16(28-19(23-11)17-21-8-3-9-22-17)18(26)24-14(10-15(25)27-2)12-4-6-13(20)7-5-12/h3-9,14H,10H2,1-2H3,(H,24,26). The van der Waals surface area contributed by atoms with Crippen LogP contribution in [0.5, 0.6) is 0 Å². The van der Waals surface area contributed by atoms with Crippen LogP contribution < -0.4 is 5.32 Å². The number of halogens is 1. The minimum Gasteiger partial charge on any atom is -0.469 e. The predicted octanol–water partition coefficient (Wildman–Crippen LogP) is 3.08. The molecule has 0 saturated carbocycles. The van der Waals surface area contributed by atoms with Gasteiger partial charge in [0.1, 0.15) is 10.7 Å². The number of carbonyl (C=O) groups is 2. The van der Waals surface area contributed by atoms with E-state index in [1.165, 1.54) is 31.4 Å². The molecular weight excluding hydrogens is 383 g/mol. The summed E-state index contributed by atoms with van der Waals surface area (Å²) in [6.07, 6.45) is 3.11. The molecule has 1 amide bonds. The first-order valence-electron chi connectivity index (χ1n) is 8.36. The maximum Gasteiger partial charge on any atom is 0.307 e. The highest BCUT2D eigenvalue weighted by Gasteiger charge is 2.23. The third-order valence-corrected chi connectivity index (χ3v) is 5.09. The summed E-state index contributed by atoms with van der Waals surface area (Å²) < 4.78 is 17.9. The van der Waals surface area contributed by atoms with Crippen molar-refractivity contribution in [3.05, 3.63) is 64.7 Å². The van der Waals surface area contributed by atoms with Crippen molar-refractivity contribution in [1.82, 2.24) is 20.3 Å². The predicted molar refractivity (Wildman–Crippen MR) is 101 cm³/mol. The largest absolute Gasteiger partial charge is 0.469 e. The van der Waals surface area contributed by atoms with Gasteiger partial charge in [-0.05, 0) is 30.7 Å². The molecule has 0 aliphatic heterocycles. The molecule has 3 aromatic rings. The summed E-state index contributed by atoms with van der Waals surface area (Å²) in [5.74, 6) is -0.860. The molecule has 2 heterocycles. The molecule has 1 atom stereocenters. The van der Waals surface area contributed by atoms with Crippen molar-refractivity contribution in [3.63, 3.8) is 0 Å². The van der Waals surface area contributed by atoms with Crippen LogP contribution >= 0.6 is 11.3 Å². The second kappa shape index (κ2) is 8.66. The summed E-state index contributed by atoms with van der Waals surface area (Å²) in [7, 11) is 1.27. The number of carbonyl (C=O) groups excluding carboxylic acids is 2. The molecule has 0 bridgehead atoms. The highest BCUT2D eigenvalue weighted by Crippen LogP contribution is 2.26. The molecule has 1 N–H and O–H groups in total. The van der Waals surface area contributed by atoms with Crippen LogP contribution in [0.15, 0.2) is 42.7 Å². The van der Waals surface area contributed by atoms with Crippen molar-refractivity contribution < 1.29 is 18.7 Å². The molecule has 0 aliphatic rings. The molecule has 0 radical (unpaired) electrons. The number of methoxy groups -OCH3 is 1. The van der Waals surface area contributed by atoms with E-state index in [1.54, 1.807) is 25.4 Å². The highest BCUT2D eigenvalue weighted by atomic mass is 32.1. The van der Waals surface area contributed by atoms with Gasteiger partial charge in [0.2, 0.25) is 0 Å². The highest BCUT2D eigenvalue weighted by molar-refractivity contribution is 7.17. The molecule has 2 aromatic heterocycles. The van der Waals surface area contributed by atoms with Gasteiger partial charge >= 0.3 is 5.97 Å². The van der Waals surface area contributed by atoms with Gasteiger partial charge in [-0.25, -0.2) is 19.3 Å². The second-order valence-electron chi connectivity index (χ2n) is 5.86. The molecule has 7 nitrogen and oxygen atoms in total. The topological polar surface area (TPSA) is 94.1 Å². The van der Waals surface area contributed by atoms with E-state index in [0.717, 1.165) is 11.3 Å². The van der Waals surface area contributed by atoms with Gasteiger partial charge in [-0.15, -0.1) is 11.3 Å². The van der Waals surface area contributed by atoms with Crippen LogP contribution in [0.25, 0.3) is 10.8 Å². The lowest BCUT2D eigenvalue weighted by atomic mass is 10.0. The first kappa shape index (κ1) is 19.6. The van der Waals surface area contributed by atoms with Gasteiger partial charge in [-0.1, -0.05) is 12.1 Å².